The van der Waals surface area contributed by atoms with E-state index in [2.05, 4.69) is 0 Å². The van der Waals surface area contributed by atoms with Crippen LogP contribution in [0.3, 0.4) is 0 Å². The zero-order chi connectivity index (χ0) is 21.3. The topological polar surface area (TPSA) is 139 Å². The van der Waals surface area contributed by atoms with E-state index in [1.54, 1.807) is 0 Å². The highest BCUT2D eigenvalue weighted by Gasteiger charge is 2.50. The summed E-state index contributed by atoms with van der Waals surface area (Å²) >= 11 is 11.5. The Hall–Kier alpha value is -3.24. The van der Waals surface area contributed by atoms with Crippen molar-refractivity contribution in [3.8, 4) is 11.5 Å². The van der Waals surface area contributed by atoms with E-state index in [0.29, 0.717) is 0 Å². The summed E-state index contributed by atoms with van der Waals surface area (Å²) in [4.78, 5) is 44.4. The van der Waals surface area contributed by atoms with Gasteiger partial charge in [0.2, 0.25) is 0 Å². The lowest BCUT2D eigenvalue weighted by Gasteiger charge is -2.06. The molecular formula is C17H10Cl2N2O8. The van der Waals surface area contributed by atoms with Crippen LogP contribution in [0.5, 0.6) is 11.5 Å². The number of ether oxygens (including phenoxy) is 2. The summed E-state index contributed by atoms with van der Waals surface area (Å²) in [6, 6.07) is 6.90. The zero-order valence-corrected chi connectivity index (χ0v) is 15.8. The van der Waals surface area contributed by atoms with Gasteiger partial charge in [-0.05, 0) is 18.6 Å². The Morgan fingerprint density at radius 3 is 1.52 bits per heavy atom. The molecule has 0 unspecified atom stereocenters. The Kier molecular flexibility index (Phi) is 5.66. The lowest BCUT2D eigenvalue weighted by atomic mass is 10.3. The Balaban J connectivity index is 1.59. The number of esters is 2. The van der Waals surface area contributed by atoms with Gasteiger partial charge in [-0.15, -0.1) is 0 Å². The Labute approximate surface area is 172 Å². The molecule has 12 heteroatoms. The number of nitrogens with zero attached hydrogens (tertiary/aromatic N) is 2. The summed E-state index contributed by atoms with van der Waals surface area (Å²) < 4.78 is 10.2. The highest BCUT2D eigenvalue weighted by atomic mass is 35.5. The average molecular weight is 441 g/mol. The molecule has 0 spiro atoms. The summed E-state index contributed by atoms with van der Waals surface area (Å²) in [5.74, 6) is -2.90. The quantitative estimate of drug-likeness (QED) is 0.284. The van der Waals surface area contributed by atoms with Gasteiger partial charge in [0.25, 0.3) is 11.4 Å². The van der Waals surface area contributed by atoms with Crippen LogP contribution in [0.1, 0.15) is 6.42 Å². The van der Waals surface area contributed by atoms with Crippen LogP contribution in [-0.2, 0) is 9.59 Å². The maximum atomic E-state index is 12.1. The maximum Gasteiger partial charge on any atom is 0.315 e. The van der Waals surface area contributed by atoms with E-state index in [4.69, 9.17) is 32.7 Å². The highest BCUT2D eigenvalue weighted by molar-refractivity contribution is 6.33. The van der Waals surface area contributed by atoms with Gasteiger partial charge >= 0.3 is 11.9 Å². The molecule has 0 aliphatic heterocycles. The number of hydrogen-bond acceptors (Lipinski definition) is 8. The first kappa shape index (κ1) is 20.5. The van der Waals surface area contributed by atoms with Gasteiger partial charge in [-0.1, -0.05) is 23.2 Å². The summed E-state index contributed by atoms with van der Waals surface area (Å²) in [7, 11) is 0. The molecule has 0 amide bonds. The minimum absolute atomic E-state index is 0.00627. The smallest absolute Gasteiger partial charge is 0.315 e. The molecule has 1 fully saturated rings. The van der Waals surface area contributed by atoms with Gasteiger partial charge in [-0.2, -0.15) is 0 Å². The molecule has 0 radical (unpaired) electrons. The van der Waals surface area contributed by atoms with E-state index in [1.165, 1.54) is 12.1 Å². The van der Waals surface area contributed by atoms with Crippen molar-refractivity contribution in [2.75, 3.05) is 0 Å². The molecule has 0 N–H and O–H groups in total. The fourth-order valence-electron chi connectivity index (χ4n) is 2.50. The average Bonchev–Trinajstić information content (AvgIpc) is 3.42. The van der Waals surface area contributed by atoms with E-state index in [0.717, 1.165) is 24.3 Å². The van der Waals surface area contributed by atoms with Crippen molar-refractivity contribution in [2.24, 2.45) is 11.8 Å². The minimum Gasteiger partial charge on any atom is -0.426 e. The zero-order valence-electron chi connectivity index (χ0n) is 14.2. The van der Waals surface area contributed by atoms with Crippen LogP contribution >= 0.6 is 23.2 Å². The van der Waals surface area contributed by atoms with Crippen LogP contribution in [-0.4, -0.2) is 21.8 Å². The number of halogens is 2. The molecule has 0 bridgehead atoms. The molecular weight excluding hydrogens is 431 g/mol. The first-order valence-corrected chi connectivity index (χ1v) is 8.74. The molecule has 150 valence electrons. The fourth-order valence-corrected chi connectivity index (χ4v) is 2.98. The van der Waals surface area contributed by atoms with Crippen LogP contribution in [0.25, 0.3) is 0 Å². The molecule has 10 nitrogen and oxygen atoms in total. The number of carbonyl (C=O) groups is 2. The molecule has 2 aromatic carbocycles. The van der Waals surface area contributed by atoms with Crippen molar-refractivity contribution in [3.63, 3.8) is 0 Å². The van der Waals surface area contributed by atoms with Crippen LogP contribution in [0.4, 0.5) is 11.4 Å². The Bertz CT molecular complexity index is 961. The minimum atomic E-state index is -0.745. The molecule has 1 aliphatic carbocycles. The molecule has 3 rings (SSSR count). The van der Waals surface area contributed by atoms with Crippen LogP contribution in [0.2, 0.25) is 10.0 Å². The number of nitro groups is 2. The van der Waals surface area contributed by atoms with Gasteiger partial charge in [-0.25, -0.2) is 0 Å². The van der Waals surface area contributed by atoms with Crippen molar-refractivity contribution in [1.29, 1.82) is 0 Å². The summed E-state index contributed by atoms with van der Waals surface area (Å²) in [6.07, 6.45) is 0.194. The monoisotopic (exact) mass is 440 g/mol. The van der Waals surface area contributed by atoms with Crippen molar-refractivity contribution in [3.05, 3.63) is 66.7 Å². The SMILES string of the molecule is O=C(Oc1ccc([N+](=O)[O-])c(Cl)c1)[C@@H]1C[C@H]1C(=O)Oc1ccc([N+](=O)[O-])c(Cl)c1. The normalized spacial score (nSPS) is 17.3. The van der Waals surface area contributed by atoms with Crippen molar-refractivity contribution >= 4 is 46.5 Å². The largest absolute Gasteiger partial charge is 0.426 e. The number of carbonyl (C=O) groups excluding carboxylic acids is 2. The number of rotatable bonds is 6. The molecule has 1 aliphatic rings. The Morgan fingerprint density at radius 1 is 0.828 bits per heavy atom. The van der Waals surface area contributed by atoms with E-state index < -0.39 is 33.6 Å². The van der Waals surface area contributed by atoms with Crippen molar-refractivity contribution in [2.45, 2.75) is 6.42 Å². The summed E-state index contributed by atoms with van der Waals surface area (Å²) in [5.41, 5.74) is -0.665. The molecule has 0 saturated heterocycles. The third-order valence-electron chi connectivity index (χ3n) is 4.06. The first-order valence-electron chi connectivity index (χ1n) is 7.98. The third-order valence-corrected chi connectivity index (χ3v) is 4.67. The lowest BCUT2D eigenvalue weighted by molar-refractivity contribution is -0.384. The Morgan fingerprint density at radius 2 is 1.21 bits per heavy atom. The maximum absolute atomic E-state index is 12.1. The second kappa shape index (κ2) is 8.02. The standard InChI is InChI=1S/C17H10Cl2N2O8/c18-12-5-8(1-3-14(12)20(24)25)28-16(22)10-7-11(10)17(23)29-9-2-4-15(21(26)27)13(19)6-9/h1-6,10-11H,7H2/t10-,11-/m1/s1. The number of hydrogen-bond donors (Lipinski definition) is 0. The van der Waals surface area contributed by atoms with E-state index in [9.17, 15) is 29.8 Å². The van der Waals surface area contributed by atoms with Gasteiger partial charge in [-0.3, -0.25) is 29.8 Å². The van der Waals surface area contributed by atoms with Gasteiger partial charge in [0.15, 0.2) is 0 Å². The first-order chi connectivity index (χ1) is 13.7. The molecule has 0 aromatic heterocycles. The molecule has 29 heavy (non-hydrogen) atoms. The summed E-state index contributed by atoms with van der Waals surface area (Å²) in [6.45, 7) is 0. The number of nitro benzene ring substituents is 2. The van der Waals surface area contributed by atoms with Gasteiger partial charge in [0, 0.05) is 24.3 Å². The summed E-state index contributed by atoms with van der Waals surface area (Å²) in [5, 5.41) is 21.1. The van der Waals surface area contributed by atoms with Crippen LogP contribution in [0, 0.1) is 32.1 Å². The third kappa shape index (κ3) is 4.61. The van der Waals surface area contributed by atoms with Crippen LogP contribution < -0.4 is 9.47 Å². The predicted molar refractivity (Wildman–Crippen MR) is 99.1 cm³/mol. The van der Waals surface area contributed by atoms with Gasteiger partial charge in [0.1, 0.15) is 21.5 Å². The molecule has 2 aromatic rings. The molecule has 1 saturated carbocycles. The fraction of sp³-hybridized carbons (Fsp3) is 0.176. The second-order valence-electron chi connectivity index (χ2n) is 6.03. The second-order valence-corrected chi connectivity index (χ2v) is 6.85. The van der Waals surface area contributed by atoms with Gasteiger partial charge < -0.3 is 9.47 Å². The van der Waals surface area contributed by atoms with E-state index >= 15 is 0 Å². The lowest BCUT2D eigenvalue weighted by Crippen LogP contribution is -2.17. The van der Waals surface area contributed by atoms with E-state index in [-0.39, 0.29) is 39.3 Å². The highest BCUT2D eigenvalue weighted by Crippen LogP contribution is 2.41. The molecule has 0 heterocycles. The van der Waals surface area contributed by atoms with E-state index in [1.807, 2.05) is 0 Å². The number of benzene rings is 2. The van der Waals surface area contributed by atoms with Gasteiger partial charge in [0.05, 0.1) is 21.7 Å². The van der Waals surface area contributed by atoms with Crippen molar-refractivity contribution < 1.29 is 28.9 Å². The van der Waals surface area contributed by atoms with Crippen molar-refractivity contribution in [1.82, 2.24) is 0 Å². The molecule has 2 atom stereocenters. The van der Waals surface area contributed by atoms with Crippen LogP contribution in [0.15, 0.2) is 36.4 Å². The predicted octanol–water partition coefficient (Wildman–Crippen LogP) is 3.96.